The van der Waals surface area contributed by atoms with Crippen molar-refractivity contribution in [3.63, 3.8) is 0 Å². The molecular weight excluding hydrogens is 218 g/mol. The van der Waals surface area contributed by atoms with Crippen LogP contribution in [0.5, 0.6) is 0 Å². The highest BCUT2D eigenvalue weighted by Gasteiger charge is 2.04. The molecule has 0 aliphatic heterocycles. The number of nitrogen functional groups attached to an aromatic ring is 1. The summed E-state index contributed by atoms with van der Waals surface area (Å²) in [6.45, 7) is 0. The lowest BCUT2D eigenvalue weighted by Crippen LogP contribution is -1.93. The average Bonchev–Trinajstić information content (AvgIpc) is 3.00. The molecule has 84 valence electrons. The van der Waals surface area contributed by atoms with Crippen LogP contribution in [0.15, 0.2) is 47.5 Å². The Morgan fingerprint density at radius 1 is 1.18 bits per heavy atom. The Hall–Kier alpha value is -2.63. The number of rotatable bonds is 2. The molecule has 0 spiro atoms. The van der Waals surface area contributed by atoms with E-state index in [1.165, 1.54) is 6.33 Å². The zero-order chi connectivity index (χ0) is 11.7. The number of benzene rings is 1. The number of anilines is 1. The molecule has 0 atom stereocenters. The van der Waals surface area contributed by atoms with Gasteiger partial charge in [0.2, 0.25) is 0 Å². The van der Waals surface area contributed by atoms with Crippen LogP contribution in [-0.2, 0) is 0 Å². The molecule has 6 nitrogen and oxygen atoms in total. The highest BCUT2D eigenvalue weighted by molar-refractivity contribution is 5.61. The summed E-state index contributed by atoms with van der Waals surface area (Å²) in [6, 6.07) is 9.35. The van der Waals surface area contributed by atoms with E-state index in [1.54, 1.807) is 17.1 Å². The van der Waals surface area contributed by atoms with E-state index in [-0.39, 0.29) is 0 Å². The van der Waals surface area contributed by atoms with E-state index in [1.807, 2.05) is 24.3 Å². The Labute approximate surface area is 96.7 Å². The molecule has 0 saturated carbocycles. The molecule has 0 fully saturated rings. The van der Waals surface area contributed by atoms with Crippen molar-refractivity contribution in [2.45, 2.75) is 0 Å². The van der Waals surface area contributed by atoms with Crippen molar-refractivity contribution in [1.29, 1.82) is 0 Å². The molecule has 2 heterocycles. The molecule has 0 unspecified atom stereocenters. The molecule has 6 heteroatoms. The van der Waals surface area contributed by atoms with Crippen molar-refractivity contribution in [3.05, 3.63) is 43.0 Å². The van der Waals surface area contributed by atoms with Gasteiger partial charge in [0.25, 0.3) is 0 Å². The lowest BCUT2D eigenvalue weighted by atomic mass is 10.1. The van der Waals surface area contributed by atoms with E-state index >= 15 is 0 Å². The monoisotopic (exact) mass is 227 g/mol. The third kappa shape index (κ3) is 1.76. The van der Waals surface area contributed by atoms with Crippen LogP contribution in [0.2, 0.25) is 0 Å². The van der Waals surface area contributed by atoms with Crippen LogP contribution < -0.4 is 5.73 Å². The predicted octanol–water partition coefficient (Wildman–Crippen LogP) is 1.50. The van der Waals surface area contributed by atoms with Crippen molar-refractivity contribution in [3.8, 4) is 17.0 Å². The highest BCUT2D eigenvalue weighted by atomic mass is 16.5. The molecule has 0 aliphatic carbocycles. The molecule has 2 N–H and O–H groups in total. The molecule has 0 aliphatic rings. The van der Waals surface area contributed by atoms with E-state index < -0.39 is 0 Å². The summed E-state index contributed by atoms with van der Waals surface area (Å²) < 4.78 is 6.75. The van der Waals surface area contributed by atoms with Crippen molar-refractivity contribution in [2.75, 3.05) is 5.73 Å². The van der Waals surface area contributed by atoms with Gasteiger partial charge in [-0.05, 0) is 24.3 Å². The molecule has 0 saturated heterocycles. The Kier molecular flexibility index (Phi) is 2.11. The van der Waals surface area contributed by atoms with Gasteiger partial charge in [0.15, 0.2) is 11.6 Å². The topological polar surface area (TPSA) is 82.8 Å². The van der Waals surface area contributed by atoms with Gasteiger partial charge >= 0.3 is 0 Å². The van der Waals surface area contributed by atoms with Crippen LogP contribution in [0.1, 0.15) is 0 Å². The SMILES string of the molecule is Nc1cc(-c2ccc(-n3cncn3)cc2)on1. The largest absolute Gasteiger partial charge is 0.381 e. The van der Waals surface area contributed by atoms with Crippen LogP contribution in [0.25, 0.3) is 17.0 Å². The van der Waals surface area contributed by atoms with Gasteiger partial charge in [-0.2, -0.15) is 5.10 Å². The zero-order valence-electron chi connectivity index (χ0n) is 8.82. The summed E-state index contributed by atoms with van der Waals surface area (Å²) in [6.07, 6.45) is 3.13. The van der Waals surface area contributed by atoms with E-state index in [2.05, 4.69) is 15.2 Å². The van der Waals surface area contributed by atoms with Crippen LogP contribution in [0, 0.1) is 0 Å². The second-order valence-electron chi connectivity index (χ2n) is 3.50. The normalized spacial score (nSPS) is 10.6. The van der Waals surface area contributed by atoms with E-state index in [9.17, 15) is 0 Å². The lowest BCUT2D eigenvalue weighted by molar-refractivity contribution is 0.436. The summed E-state index contributed by atoms with van der Waals surface area (Å²) >= 11 is 0. The number of nitrogens with two attached hydrogens (primary N) is 1. The first-order chi connectivity index (χ1) is 8.33. The molecule has 2 aromatic heterocycles. The molecule has 0 radical (unpaired) electrons. The summed E-state index contributed by atoms with van der Waals surface area (Å²) in [7, 11) is 0. The molecule has 0 amide bonds. The van der Waals surface area contributed by atoms with Crippen molar-refractivity contribution >= 4 is 5.82 Å². The summed E-state index contributed by atoms with van der Waals surface area (Å²) in [5.41, 5.74) is 7.34. The Morgan fingerprint density at radius 2 is 2.00 bits per heavy atom. The van der Waals surface area contributed by atoms with Crippen LogP contribution in [-0.4, -0.2) is 19.9 Å². The van der Waals surface area contributed by atoms with Crippen molar-refractivity contribution in [1.82, 2.24) is 19.9 Å². The second kappa shape index (κ2) is 3.75. The average molecular weight is 227 g/mol. The summed E-state index contributed by atoms with van der Waals surface area (Å²) in [5.74, 6) is 1.02. The first-order valence-corrected chi connectivity index (χ1v) is 5.00. The maximum absolute atomic E-state index is 5.50. The smallest absolute Gasteiger partial charge is 0.169 e. The first kappa shape index (κ1) is 9.59. The molecule has 17 heavy (non-hydrogen) atoms. The van der Waals surface area contributed by atoms with Crippen LogP contribution in [0.3, 0.4) is 0 Å². The maximum atomic E-state index is 5.50. The fourth-order valence-corrected chi connectivity index (χ4v) is 1.54. The minimum Gasteiger partial charge on any atom is -0.381 e. The molecule has 3 aromatic rings. The Balaban J connectivity index is 1.95. The number of hydrogen-bond donors (Lipinski definition) is 1. The maximum Gasteiger partial charge on any atom is 0.169 e. The molecule has 1 aromatic carbocycles. The van der Waals surface area contributed by atoms with Crippen molar-refractivity contribution in [2.24, 2.45) is 0 Å². The lowest BCUT2D eigenvalue weighted by Gasteiger charge is -2.00. The minimum absolute atomic E-state index is 0.375. The fraction of sp³-hybridized carbons (Fsp3) is 0. The van der Waals surface area contributed by atoms with Crippen LogP contribution >= 0.6 is 0 Å². The van der Waals surface area contributed by atoms with Gasteiger partial charge in [0.05, 0.1) is 5.69 Å². The number of hydrogen-bond acceptors (Lipinski definition) is 5. The third-order valence-electron chi connectivity index (χ3n) is 2.36. The standard InChI is InChI=1S/C11H9N5O/c12-11-5-10(17-15-11)8-1-3-9(4-2-8)16-7-13-6-14-16/h1-7H,(H2,12,15). The second-order valence-corrected chi connectivity index (χ2v) is 3.50. The Bertz CT molecular complexity index is 612. The number of aromatic nitrogens is 4. The molecular formula is C11H9N5O. The van der Waals surface area contributed by atoms with Gasteiger partial charge in [-0.3, -0.25) is 0 Å². The van der Waals surface area contributed by atoms with Gasteiger partial charge in [0.1, 0.15) is 12.7 Å². The van der Waals surface area contributed by atoms with E-state index in [0.29, 0.717) is 11.6 Å². The van der Waals surface area contributed by atoms with Gasteiger partial charge in [-0.15, -0.1) is 0 Å². The van der Waals surface area contributed by atoms with Crippen LogP contribution in [0.4, 0.5) is 5.82 Å². The third-order valence-corrected chi connectivity index (χ3v) is 2.36. The van der Waals surface area contributed by atoms with Gasteiger partial charge in [0, 0.05) is 11.6 Å². The zero-order valence-corrected chi connectivity index (χ0v) is 8.82. The summed E-state index contributed by atoms with van der Waals surface area (Å²) in [5, 5.41) is 7.68. The fourth-order valence-electron chi connectivity index (χ4n) is 1.54. The van der Waals surface area contributed by atoms with Gasteiger partial charge in [-0.25, -0.2) is 9.67 Å². The van der Waals surface area contributed by atoms with E-state index in [4.69, 9.17) is 10.3 Å². The highest BCUT2D eigenvalue weighted by Crippen LogP contribution is 2.22. The van der Waals surface area contributed by atoms with Gasteiger partial charge in [-0.1, -0.05) is 5.16 Å². The van der Waals surface area contributed by atoms with Crippen molar-refractivity contribution < 1.29 is 4.52 Å². The molecule has 3 rings (SSSR count). The van der Waals surface area contributed by atoms with Gasteiger partial charge < -0.3 is 10.3 Å². The first-order valence-electron chi connectivity index (χ1n) is 5.00. The number of nitrogens with zero attached hydrogens (tertiary/aromatic N) is 4. The minimum atomic E-state index is 0.375. The predicted molar refractivity (Wildman–Crippen MR) is 61.3 cm³/mol. The quantitative estimate of drug-likeness (QED) is 0.717. The van der Waals surface area contributed by atoms with E-state index in [0.717, 1.165) is 11.3 Å². The molecule has 0 bridgehead atoms. The summed E-state index contributed by atoms with van der Waals surface area (Å²) in [4.78, 5) is 3.89. The Morgan fingerprint density at radius 3 is 2.59 bits per heavy atom.